The van der Waals surface area contributed by atoms with Crippen molar-refractivity contribution in [1.82, 2.24) is 14.7 Å². The summed E-state index contributed by atoms with van der Waals surface area (Å²) in [7, 11) is 0. The maximum absolute atomic E-state index is 13.0. The number of benzene rings is 2. The molecule has 2 aromatic carbocycles. The summed E-state index contributed by atoms with van der Waals surface area (Å²) in [5.41, 5.74) is 9.64. The molecule has 0 bridgehead atoms. The number of piperazine rings is 1. The fraction of sp³-hybridized carbons (Fsp3) is 0.250. The van der Waals surface area contributed by atoms with E-state index in [1.165, 1.54) is 0 Å². The highest BCUT2D eigenvalue weighted by Crippen LogP contribution is 2.21. The number of nitrogens with zero attached hydrogens (tertiary/aromatic N) is 4. The number of carbonyl (C=O) groups excluding carboxylic acids is 2. The molecule has 1 fully saturated rings. The first-order chi connectivity index (χ1) is 15.8. The number of nitrogens with one attached hydrogen (secondary N) is 2. The molecule has 9 nitrogen and oxygen atoms in total. The van der Waals surface area contributed by atoms with Crippen LogP contribution in [0.25, 0.3) is 5.69 Å². The molecule has 2 amide bonds. The minimum Gasteiger partial charge on any atom is -0.384 e. The lowest BCUT2D eigenvalue weighted by Gasteiger charge is -2.35. The Bertz CT molecular complexity index is 1190. The van der Waals surface area contributed by atoms with Crippen molar-refractivity contribution in [3.8, 4) is 5.69 Å². The van der Waals surface area contributed by atoms with Gasteiger partial charge in [-0.15, -0.1) is 0 Å². The van der Waals surface area contributed by atoms with Crippen LogP contribution >= 0.6 is 0 Å². The van der Waals surface area contributed by atoms with E-state index in [0.29, 0.717) is 41.4 Å². The van der Waals surface area contributed by atoms with Gasteiger partial charge in [0.15, 0.2) is 0 Å². The maximum atomic E-state index is 13.0. The first-order valence-electron chi connectivity index (χ1n) is 10.7. The van der Waals surface area contributed by atoms with Crippen LogP contribution < -0.4 is 16.0 Å². The molecule has 0 spiro atoms. The number of anilines is 2. The summed E-state index contributed by atoms with van der Waals surface area (Å²) in [6.07, 6.45) is 0. The third-order valence-electron chi connectivity index (χ3n) is 5.68. The van der Waals surface area contributed by atoms with Gasteiger partial charge in [0.1, 0.15) is 11.5 Å². The molecular weight excluding hydrogens is 418 g/mol. The normalized spacial score (nSPS) is 13.6. The average molecular weight is 446 g/mol. The predicted molar refractivity (Wildman–Crippen MR) is 128 cm³/mol. The van der Waals surface area contributed by atoms with Gasteiger partial charge < -0.3 is 20.9 Å². The van der Waals surface area contributed by atoms with E-state index in [-0.39, 0.29) is 17.6 Å². The molecule has 4 N–H and O–H groups in total. The van der Waals surface area contributed by atoms with Crippen LogP contribution in [0.3, 0.4) is 0 Å². The van der Waals surface area contributed by atoms with Crippen LogP contribution in [0.1, 0.15) is 28.7 Å². The Kier molecular flexibility index (Phi) is 6.12. The van der Waals surface area contributed by atoms with Gasteiger partial charge >= 0.3 is 0 Å². The number of amides is 2. The van der Waals surface area contributed by atoms with E-state index in [0.717, 1.165) is 18.8 Å². The van der Waals surface area contributed by atoms with Crippen molar-refractivity contribution in [2.45, 2.75) is 13.8 Å². The third-order valence-corrected chi connectivity index (χ3v) is 5.68. The highest BCUT2D eigenvalue weighted by molar-refractivity contribution is 6.03. The summed E-state index contributed by atoms with van der Waals surface area (Å²) >= 11 is 0. The first-order valence-corrected chi connectivity index (χ1v) is 10.7. The molecule has 0 unspecified atom stereocenters. The van der Waals surface area contributed by atoms with Gasteiger partial charge in [0.05, 0.1) is 11.4 Å². The zero-order valence-corrected chi connectivity index (χ0v) is 18.7. The molecular formula is C24H27N7O2. The van der Waals surface area contributed by atoms with Gasteiger partial charge in [-0.05, 0) is 49.4 Å². The Morgan fingerprint density at radius 1 is 1.00 bits per heavy atom. The molecule has 1 aliphatic heterocycles. The highest BCUT2D eigenvalue weighted by Gasteiger charge is 2.19. The molecule has 0 aliphatic carbocycles. The molecule has 0 saturated carbocycles. The van der Waals surface area contributed by atoms with Crippen molar-refractivity contribution in [3.05, 3.63) is 71.5 Å². The molecule has 2 heterocycles. The van der Waals surface area contributed by atoms with Crippen molar-refractivity contribution < 1.29 is 9.59 Å². The van der Waals surface area contributed by atoms with Crippen LogP contribution in [0.5, 0.6) is 0 Å². The maximum Gasteiger partial charge on any atom is 0.274 e. The number of amidine groups is 1. The van der Waals surface area contributed by atoms with Gasteiger partial charge in [-0.1, -0.05) is 12.1 Å². The van der Waals surface area contributed by atoms with Crippen molar-refractivity contribution in [2.24, 2.45) is 5.73 Å². The van der Waals surface area contributed by atoms with Gasteiger partial charge in [0.2, 0.25) is 5.91 Å². The minimum atomic E-state index is -0.286. The van der Waals surface area contributed by atoms with Crippen LogP contribution in [0.4, 0.5) is 11.4 Å². The Morgan fingerprint density at radius 2 is 1.70 bits per heavy atom. The number of rotatable bonds is 5. The largest absolute Gasteiger partial charge is 0.384 e. The second kappa shape index (κ2) is 9.15. The summed E-state index contributed by atoms with van der Waals surface area (Å²) in [5, 5.41) is 15.0. The second-order valence-electron chi connectivity index (χ2n) is 8.04. The smallest absolute Gasteiger partial charge is 0.274 e. The number of aromatic nitrogens is 2. The Labute approximate surface area is 192 Å². The third kappa shape index (κ3) is 4.87. The molecule has 1 saturated heterocycles. The topological polar surface area (TPSA) is 120 Å². The van der Waals surface area contributed by atoms with Crippen molar-refractivity contribution >= 4 is 29.0 Å². The van der Waals surface area contributed by atoms with Crippen molar-refractivity contribution in [3.63, 3.8) is 0 Å². The summed E-state index contributed by atoms with van der Waals surface area (Å²) in [5.74, 6) is -0.226. The number of nitrogens with two attached hydrogens (primary N) is 1. The van der Waals surface area contributed by atoms with Crippen LogP contribution in [0, 0.1) is 12.3 Å². The van der Waals surface area contributed by atoms with E-state index in [1.54, 1.807) is 35.9 Å². The van der Waals surface area contributed by atoms with Crippen LogP contribution in [-0.4, -0.2) is 58.5 Å². The first kappa shape index (κ1) is 22.1. The lowest BCUT2D eigenvalue weighted by atomic mass is 10.2. The molecule has 9 heteroatoms. The number of carbonyl (C=O) groups is 2. The molecule has 0 atom stereocenters. The number of hydrogen-bond donors (Lipinski definition) is 3. The quantitative estimate of drug-likeness (QED) is 0.411. The molecule has 170 valence electrons. The zero-order valence-electron chi connectivity index (χ0n) is 18.7. The average Bonchev–Trinajstić information content (AvgIpc) is 3.21. The van der Waals surface area contributed by atoms with Gasteiger partial charge in [0.25, 0.3) is 5.91 Å². The van der Waals surface area contributed by atoms with E-state index in [9.17, 15) is 9.59 Å². The summed E-state index contributed by atoms with van der Waals surface area (Å²) < 4.78 is 1.56. The number of aryl methyl sites for hydroxylation is 1. The van der Waals surface area contributed by atoms with Crippen LogP contribution in [0.15, 0.2) is 54.6 Å². The summed E-state index contributed by atoms with van der Waals surface area (Å²) in [6, 6.07) is 16.5. The predicted octanol–water partition coefficient (Wildman–Crippen LogP) is 2.39. The second-order valence-corrected chi connectivity index (χ2v) is 8.04. The molecule has 3 aromatic rings. The van der Waals surface area contributed by atoms with Gasteiger partial charge in [-0.3, -0.25) is 15.0 Å². The van der Waals surface area contributed by atoms with Crippen molar-refractivity contribution in [2.75, 3.05) is 36.4 Å². The monoisotopic (exact) mass is 445 g/mol. The van der Waals surface area contributed by atoms with E-state index >= 15 is 0 Å². The van der Waals surface area contributed by atoms with E-state index in [4.69, 9.17) is 11.1 Å². The van der Waals surface area contributed by atoms with Crippen LogP contribution in [-0.2, 0) is 4.79 Å². The van der Waals surface area contributed by atoms with E-state index in [1.807, 2.05) is 42.2 Å². The molecule has 1 aromatic heterocycles. The Morgan fingerprint density at radius 3 is 2.33 bits per heavy atom. The summed E-state index contributed by atoms with van der Waals surface area (Å²) in [4.78, 5) is 28.6. The standard InChI is InChI=1S/C24H27N7O2/c1-16-14-22(31(28-16)21-5-3-4-18(15-21)23(25)26)24(33)27-19-6-8-20(9-7-19)30-12-10-29(11-13-30)17(2)32/h3-9,14-15H,10-13H2,1-2H3,(H3,25,26)(H,27,33). The SMILES string of the molecule is CC(=O)N1CCN(c2ccc(NC(=O)c3cc(C)nn3-c3cccc(C(=N)N)c3)cc2)CC1. The highest BCUT2D eigenvalue weighted by atomic mass is 16.2. The molecule has 33 heavy (non-hydrogen) atoms. The molecule has 4 rings (SSSR count). The number of hydrogen-bond acceptors (Lipinski definition) is 5. The summed E-state index contributed by atoms with van der Waals surface area (Å²) in [6.45, 7) is 6.40. The molecule has 1 aliphatic rings. The van der Waals surface area contributed by atoms with Crippen molar-refractivity contribution in [1.29, 1.82) is 5.41 Å². The minimum absolute atomic E-state index is 0.0467. The van der Waals surface area contributed by atoms with Gasteiger partial charge in [0, 0.05) is 50.0 Å². The Balaban J connectivity index is 1.48. The number of nitrogen functional groups attached to an aromatic ring is 1. The van der Waals surface area contributed by atoms with Crippen LogP contribution in [0.2, 0.25) is 0 Å². The fourth-order valence-electron chi connectivity index (χ4n) is 3.89. The lowest BCUT2D eigenvalue weighted by Crippen LogP contribution is -2.48. The molecule has 0 radical (unpaired) electrons. The van der Waals surface area contributed by atoms with E-state index < -0.39 is 0 Å². The van der Waals surface area contributed by atoms with Gasteiger partial charge in [-0.2, -0.15) is 5.10 Å². The lowest BCUT2D eigenvalue weighted by molar-refractivity contribution is -0.129. The van der Waals surface area contributed by atoms with Gasteiger partial charge in [-0.25, -0.2) is 4.68 Å². The zero-order chi connectivity index (χ0) is 23.5. The Hall–Kier alpha value is -4.14. The fourth-order valence-corrected chi connectivity index (χ4v) is 3.89. The van der Waals surface area contributed by atoms with E-state index in [2.05, 4.69) is 15.3 Å².